The molecule has 0 radical (unpaired) electrons. The van der Waals surface area contributed by atoms with Crippen LogP contribution in [0, 0.1) is 57.2 Å². The van der Waals surface area contributed by atoms with Crippen molar-refractivity contribution in [2.24, 2.45) is 62.9 Å². The zero-order valence-electron chi connectivity index (χ0n) is 41.6. The number of carbonyl (C=O) groups excluding carboxylic acids is 1. The lowest BCUT2D eigenvalue weighted by molar-refractivity contribution is -0.120. The number of carboxylic acids is 1. The highest BCUT2D eigenvalue weighted by Crippen LogP contribution is 2.65. The smallest absolute Gasteiger partial charge is 0.335 e. The third-order valence-corrected chi connectivity index (χ3v) is 19.5. The van der Waals surface area contributed by atoms with Gasteiger partial charge in [-0.15, -0.1) is 0 Å². The molecule has 69 heavy (non-hydrogen) atoms. The summed E-state index contributed by atoms with van der Waals surface area (Å²) in [4.78, 5) is 23.4. The van der Waals surface area contributed by atoms with E-state index in [2.05, 4.69) is 46.2 Å². The summed E-state index contributed by atoms with van der Waals surface area (Å²) in [6.45, 7) is 19.8. The minimum atomic E-state index is -0.965. The highest BCUT2D eigenvalue weighted by molar-refractivity contribution is 5.95. The number of hydrogen-bond acceptors (Lipinski definition) is 11. The number of carbonyl (C=O) groups is 2. The van der Waals surface area contributed by atoms with Gasteiger partial charge in [-0.1, -0.05) is 52.0 Å². The predicted molar refractivity (Wildman–Crippen MR) is 263 cm³/mol. The van der Waals surface area contributed by atoms with Gasteiger partial charge < -0.3 is 55.5 Å². The molecule has 6 fully saturated rings. The lowest BCUT2D eigenvalue weighted by Gasteiger charge is -2.55. The molecular weight excluding hydrogens is 877 g/mol. The number of fused-ring (bicyclic) bond motifs is 4. The van der Waals surface area contributed by atoms with Gasteiger partial charge in [0.05, 0.1) is 30.0 Å². The molecule has 13 nitrogen and oxygen atoms in total. The molecule has 6 saturated carbocycles. The molecule has 2 aromatic carbocycles. The number of aliphatic hydroxyl groups excluding tert-OH is 4. The number of carboxylic acid groups (broad SMARTS) is 1. The van der Waals surface area contributed by atoms with Crippen LogP contribution in [0.2, 0.25) is 0 Å². The average Bonchev–Trinajstić information content (AvgIpc) is 4.13. The Hall–Kier alpha value is -4.14. The molecule has 0 unspecified atom stereocenters. The monoisotopic (exact) mass is 957 g/mol. The molecule has 0 saturated heterocycles. The fourth-order valence-electron chi connectivity index (χ4n) is 15.0. The Morgan fingerprint density at radius 2 is 1.07 bits per heavy atom. The first kappa shape index (κ1) is 51.2. The molecule has 1 amide bonds. The Balaban J connectivity index is 0.000000157. The molecule has 0 aromatic heterocycles. The van der Waals surface area contributed by atoms with Gasteiger partial charge >= 0.3 is 5.97 Å². The van der Waals surface area contributed by atoms with Gasteiger partial charge in [-0.3, -0.25) is 4.79 Å². The second-order valence-corrected chi connectivity index (χ2v) is 22.9. The number of benzene rings is 2. The zero-order valence-corrected chi connectivity index (χ0v) is 41.6. The standard InChI is InChI=1S/C28H39NO5.C20H35NO2.C8H6O4/c1-17-4-6-21-20(10-13-29-26(32)18-5-7-23-24(14-18)34-16-33-23)22(9-12-27(17,21)2)28(3)11-8-19(30)15-25(28)31;1-13-4-5-16-15(8-11-21)17(7-10-19(13,16)2)20(3)9-6-14(22)12-18(20)23;9-8(10)5-1-2-6-7(3-5)12-4-11-6/h5,7,14,19-22,25,30-31H,1,4,6,8-13,15-16H2,2-3H3,(H,29,32);14-18,22-23H,1,4-12,21H2,2-3H3;1-3H,4H2,(H,9,10)/t19-,20-,21-,22-,25-,27+,28+;14-,15-,16-,17-,18-,19+,20+;/m00./s1. The molecule has 2 aliphatic heterocycles. The van der Waals surface area contributed by atoms with Crippen molar-refractivity contribution in [3.63, 3.8) is 0 Å². The Labute approximate surface area is 409 Å². The van der Waals surface area contributed by atoms with Crippen LogP contribution < -0.4 is 30.0 Å². The Kier molecular flexibility index (Phi) is 15.2. The van der Waals surface area contributed by atoms with Gasteiger partial charge in [-0.25, -0.2) is 4.79 Å². The number of rotatable bonds is 9. The normalized spacial score (nSPS) is 38.4. The molecule has 0 spiro atoms. The number of hydrogen-bond donors (Lipinski definition) is 7. The number of aromatic carboxylic acids is 1. The summed E-state index contributed by atoms with van der Waals surface area (Å²) < 4.78 is 20.8. The number of amides is 1. The molecule has 6 aliphatic carbocycles. The first-order chi connectivity index (χ1) is 32.8. The van der Waals surface area contributed by atoms with E-state index in [-0.39, 0.29) is 58.9 Å². The summed E-state index contributed by atoms with van der Waals surface area (Å²) in [6.07, 6.45) is 13.9. The van der Waals surface area contributed by atoms with Crippen LogP contribution in [0.4, 0.5) is 0 Å². The SMILES string of the molecule is C=C1CC[C@H]2[C@H](CCN)[C@@H]([C@@]3(C)CC[C@H](O)C[C@@H]3O)CC[C@]12C.C=C1CC[C@H]2[C@H](CCNC(=O)c3ccc4c(c3)OCO4)[C@@H]([C@@]3(C)CC[C@H](O)C[C@@H]3O)CC[C@]12C.O=C(O)c1ccc2c(c1)OCO2. The maximum absolute atomic E-state index is 12.9. The summed E-state index contributed by atoms with van der Waals surface area (Å²) >= 11 is 0. The highest BCUT2D eigenvalue weighted by Gasteiger charge is 2.58. The molecule has 8 N–H and O–H groups in total. The van der Waals surface area contributed by atoms with E-state index in [1.54, 1.807) is 24.3 Å². The predicted octanol–water partition coefficient (Wildman–Crippen LogP) is 8.81. The summed E-state index contributed by atoms with van der Waals surface area (Å²) in [5.41, 5.74) is 9.75. The van der Waals surface area contributed by atoms with Crippen molar-refractivity contribution >= 4 is 11.9 Å². The minimum absolute atomic E-state index is 0.0652. The molecule has 8 aliphatic rings. The quantitative estimate of drug-likeness (QED) is 0.118. The van der Waals surface area contributed by atoms with E-state index in [0.29, 0.717) is 83.5 Å². The van der Waals surface area contributed by atoms with E-state index >= 15 is 0 Å². The van der Waals surface area contributed by atoms with Crippen molar-refractivity contribution in [2.45, 2.75) is 155 Å². The van der Waals surface area contributed by atoms with Crippen molar-refractivity contribution in [3.8, 4) is 23.0 Å². The van der Waals surface area contributed by atoms with Gasteiger partial charge in [-0.05, 0) is 203 Å². The molecule has 0 bridgehead atoms. The van der Waals surface area contributed by atoms with Crippen molar-refractivity contribution in [3.05, 3.63) is 71.8 Å². The number of ether oxygens (including phenoxy) is 4. The summed E-state index contributed by atoms with van der Waals surface area (Å²) in [6, 6.07) is 9.81. The van der Waals surface area contributed by atoms with E-state index in [1.807, 2.05) is 0 Å². The van der Waals surface area contributed by atoms with Crippen molar-refractivity contribution in [1.29, 1.82) is 0 Å². The Morgan fingerprint density at radius 1 is 0.623 bits per heavy atom. The number of aliphatic hydroxyl groups is 4. The fraction of sp³-hybridized carbons (Fsp3) is 0.679. The second kappa shape index (κ2) is 20.5. The van der Waals surface area contributed by atoms with Gasteiger partial charge in [0.15, 0.2) is 23.0 Å². The molecule has 2 aromatic rings. The van der Waals surface area contributed by atoms with Gasteiger partial charge in [0.25, 0.3) is 5.91 Å². The number of allylic oxidation sites excluding steroid dienone is 2. The number of nitrogens with one attached hydrogen (secondary N) is 1. The van der Waals surface area contributed by atoms with Crippen LogP contribution in [0.25, 0.3) is 0 Å². The zero-order chi connectivity index (χ0) is 49.5. The molecule has 10 rings (SSSR count). The van der Waals surface area contributed by atoms with Gasteiger partial charge in [0.1, 0.15) is 0 Å². The lowest BCUT2D eigenvalue weighted by atomic mass is 9.50. The second-order valence-electron chi connectivity index (χ2n) is 22.9. The highest BCUT2D eigenvalue weighted by atomic mass is 16.7. The molecule has 2 heterocycles. The van der Waals surface area contributed by atoms with Crippen LogP contribution in [0.3, 0.4) is 0 Å². The maximum atomic E-state index is 12.9. The third-order valence-electron chi connectivity index (χ3n) is 19.5. The summed E-state index contributed by atoms with van der Waals surface area (Å²) in [5, 5.41) is 53.7. The van der Waals surface area contributed by atoms with E-state index in [1.165, 1.54) is 42.5 Å². The van der Waals surface area contributed by atoms with E-state index < -0.39 is 18.2 Å². The van der Waals surface area contributed by atoms with Crippen LogP contribution in [0.1, 0.15) is 151 Å². The Morgan fingerprint density at radius 3 is 1.54 bits per heavy atom. The minimum Gasteiger partial charge on any atom is -0.478 e. The summed E-state index contributed by atoms with van der Waals surface area (Å²) in [7, 11) is 0. The first-order valence-corrected chi connectivity index (χ1v) is 25.9. The van der Waals surface area contributed by atoms with Crippen molar-refractivity contribution in [1.82, 2.24) is 5.32 Å². The van der Waals surface area contributed by atoms with Gasteiger partial charge in [0.2, 0.25) is 13.6 Å². The molecule has 13 heteroatoms. The van der Waals surface area contributed by atoms with Crippen LogP contribution in [0.5, 0.6) is 23.0 Å². The van der Waals surface area contributed by atoms with E-state index in [9.17, 15) is 30.0 Å². The van der Waals surface area contributed by atoms with Crippen molar-refractivity contribution in [2.75, 3.05) is 26.7 Å². The van der Waals surface area contributed by atoms with E-state index in [0.717, 1.165) is 77.2 Å². The average molecular weight is 957 g/mol. The maximum Gasteiger partial charge on any atom is 0.335 e. The van der Waals surface area contributed by atoms with Crippen LogP contribution in [0.15, 0.2) is 60.7 Å². The largest absolute Gasteiger partial charge is 0.478 e. The Bertz CT molecular complexity index is 2220. The molecular formula is C56H80N2O11. The molecule has 380 valence electrons. The van der Waals surface area contributed by atoms with Crippen molar-refractivity contribution < 1.29 is 54.1 Å². The first-order valence-electron chi connectivity index (χ1n) is 25.9. The third kappa shape index (κ3) is 9.93. The topological polar surface area (TPSA) is 210 Å². The fourth-order valence-corrected chi connectivity index (χ4v) is 15.0. The van der Waals surface area contributed by atoms with Gasteiger partial charge in [-0.2, -0.15) is 0 Å². The lowest BCUT2D eigenvalue weighted by Crippen LogP contribution is -2.52. The van der Waals surface area contributed by atoms with Crippen LogP contribution in [-0.4, -0.2) is 88.5 Å². The summed E-state index contributed by atoms with van der Waals surface area (Å²) in [5.74, 6) is 4.41. The van der Waals surface area contributed by atoms with E-state index in [4.69, 9.17) is 29.8 Å². The van der Waals surface area contributed by atoms with Crippen LogP contribution >= 0.6 is 0 Å². The molecule has 14 atom stereocenters. The van der Waals surface area contributed by atoms with Crippen LogP contribution in [-0.2, 0) is 0 Å². The van der Waals surface area contributed by atoms with Gasteiger partial charge in [0, 0.05) is 12.1 Å². The number of nitrogens with two attached hydrogens (primary N) is 1.